The fourth-order valence-electron chi connectivity index (χ4n) is 2.91. The van der Waals surface area contributed by atoms with Crippen LogP contribution in [0.1, 0.15) is 46.3 Å². The molecule has 6 nitrogen and oxygen atoms in total. The molecule has 0 aliphatic heterocycles. The number of carbonyl (C=O) groups excluding carboxylic acids is 1. The number of nitrogens with zero attached hydrogens (tertiary/aromatic N) is 4. The van der Waals surface area contributed by atoms with Crippen molar-refractivity contribution < 1.29 is 4.79 Å². The highest BCUT2D eigenvalue weighted by Crippen LogP contribution is 2.21. The van der Waals surface area contributed by atoms with Gasteiger partial charge in [0.05, 0.1) is 23.6 Å². The number of aromatic nitrogens is 4. The summed E-state index contributed by atoms with van der Waals surface area (Å²) in [6, 6.07) is 10.1. The van der Waals surface area contributed by atoms with Gasteiger partial charge in [-0.2, -0.15) is 10.2 Å². The zero-order valence-corrected chi connectivity index (χ0v) is 15.8. The predicted molar refractivity (Wildman–Crippen MR) is 102 cm³/mol. The maximum absolute atomic E-state index is 12.5. The summed E-state index contributed by atoms with van der Waals surface area (Å²) in [6.45, 7) is 9.51. The number of carbonyl (C=O) groups is 1. The molecule has 0 atom stereocenters. The fourth-order valence-corrected chi connectivity index (χ4v) is 2.91. The molecule has 2 heterocycles. The summed E-state index contributed by atoms with van der Waals surface area (Å²) in [5.74, 6) is -0.207. The molecule has 0 saturated carbocycles. The van der Waals surface area contributed by atoms with Crippen molar-refractivity contribution in [3.05, 3.63) is 64.7 Å². The second kappa shape index (κ2) is 7.56. The molecular weight excluding hydrogens is 326 g/mol. The van der Waals surface area contributed by atoms with Crippen LogP contribution in [0, 0.1) is 20.8 Å². The Morgan fingerprint density at radius 3 is 2.50 bits per heavy atom. The normalized spacial score (nSPS) is 10.9. The Hall–Kier alpha value is -2.89. The summed E-state index contributed by atoms with van der Waals surface area (Å²) < 4.78 is 3.71. The molecule has 26 heavy (non-hydrogen) atoms. The number of aryl methyl sites for hydroxylation is 3. The lowest BCUT2D eigenvalue weighted by molar-refractivity contribution is 0.102. The van der Waals surface area contributed by atoms with Crippen molar-refractivity contribution in [2.45, 2.75) is 47.2 Å². The minimum absolute atomic E-state index is 0.207. The standard InChI is InChI=1S/C20H25N5O/c1-5-11-24-12-10-18(23-24)20(26)21-19-15(3)22-25(16(19)4)13-17-8-6-14(2)7-9-17/h6-10,12H,5,11,13H2,1-4H3,(H,21,26). The van der Waals surface area contributed by atoms with E-state index < -0.39 is 0 Å². The van der Waals surface area contributed by atoms with Crippen LogP contribution in [-0.2, 0) is 13.1 Å². The van der Waals surface area contributed by atoms with Gasteiger partial charge in [-0.25, -0.2) is 0 Å². The Balaban J connectivity index is 1.76. The van der Waals surface area contributed by atoms with Crippen LogP contribution in [0.15, 0.2) is 36.5 Å². The van der Waals surface area contributed by atoms with E-state index in [1.165, 1.54) is 11.1 Å². The van der Waals surface area contributed by atoms with Gasteiger partial charge in [0.15, 0.2) is 5.69 Å². The molecular formula is C20H25N5O. The Morgan fingerprint density at radius 2 is 1.81 bits per heavy atom. The Kier molecular flexibility index (Phi) is 5.21. The van der Waals surface area contributed by atoms with Gasteiger partial charge in [-0.1, -0.05) is 36.8 Å². The van der Waals surface area contributed by atoms with Crippen molar-refractivity contribution in [2.75, 3.05) is 5.32 Å². The van der Waals surface area contributed by atoms with Gasteiger partial charge >= 0.3 is 0 Å². The summed E-state index contributed by atoms with van der Waals surface area (Å²) in [5, 5.41) is 11.9. The van der Waals surface area contributed by atoms with Crippen LogP contribution >= 0.6 is 0 Å². The molecule has 6 heteroatoms. The number of rotatable bonds is 6. The number of benzene rings is 1. The quantitative estimate of drug-likeness (QED) is 0.736. The average molecular weight is 351 g/mol. The third-order valence-corrected chi connectivity index (χ3v) is 4.40. The van der Waals surface area contributed by atoms with E-state index in [0.29, 0.717) is 12.2 Å². The van der Waals surface area contributed by atoms with E-state index in [2.05, 4.69) is 53.6 Å². The maximum atomic E-state index is 12.5. The highest BCUT2D eigenvalue weighted by atomic mass is 16.2. The van der Waals surface area contributed by atoms with Crippen LogP contribution in [0.3, 0.4) is 0 Å². The second-order valence-electron chi connectivity index (χ2n) is 6.61. The van der Waals surface area contributed by atoms with Gasteiger partial charge in [0.1, 0.15) is 0 Å². The van der Waals surface area contributed by atoms with Gasteiger partial charge in [-0.3, -0.25) is 14.2 Å². The first-order valence-corrected chi connectivity index (χ1v) is 8.92. The van der Waals surface area contributed by atoms with E-state index in [-0.39, 0.29) is 5.91 Å². The van der Waals surface area contributed by atoms with Gasteiger partial charge in [-0.05, 0) is 38.8 Å². The average Bonchev–Trinajstić information content (AvgIpc) is 3.18. The molecule has 0 aliphatic rings. The number of anilines is 1. The number of hydrogen-bond acceptors (Lipinski definition) is 3. The zero-order chi connectivity index (χ0) is 18.7. The molecule has 0 saturated heterocycles. The molecule has 136 valence electrons. The predicted octanol–water partition coefficient (Wildman–Crippen LogP) is 3.72. The number of amides is 1. The molecule has 0 spiro atoms. The molecule has 1 N–H and O–H groups in total. The first-order chi connectivity index (χ1) is 12.5. The molecule has 1 amide bonds. The molecule has 2 aromatic heterocycles. The van der Waals surface area contributed by atoms with Crippen LogP contribution < -0.4 is 5.32 Å². The molecule has 3 rings (SSSR count). The molecule has 0 radical (unpaired) electrons. The van der Waals surface area contributed by atoms with Gasteiger partial charge in [0.25, 0.3) is 5.91 Å². The Labute approximate surface area is 153 Å². The van der Waals surface area contributed by atoms with Crippen molar-refractivity contribution in [1.29, 1.82) is 0 Å². The van der Waals surface area contributed by atoms with Crippen molar-refractivity contribution in [3.8, 4) is 0 Å². The molecule has 0 bridgehead atoms. The van der Waals surface area contributed by atoms with Crippen molar-refractivity contribution in [3.63, 3.8) is 0 Å². The molecule has 1 aromatic carbocycles. The summed E-state index contributed by atoms with van der Waals surface area (Å²) in [7, 11) is 0. The maximum Gasteiger partial charge on any atom is 0.276 e. The summed E-state index contributed by atoms with van der Waals surface area (Å²) in [6.07, 6.45) is 2.81. The SMILES string of the molecule is CCCn1ccc(C(=O)Nc2c(C)nn(Cc3ccc(C)cc3)c2C)n1. The lowest BCUT2D eigenvalue weighted by atomic mass is 10.1. The summed E-state index contributed by atoms with van der Waals surface area (Å²) in [5.41, 5.74) is 5.33. The minimum Gasteiger partial charge on any atom is -0.317 e. The van der Waals surface area contributed by atoms with E-state index in [4.69, 9.17) is 0 Å². The number of nitrogens with one attached hydrogen (secondary N) is 1. The molecule has 0 fully saturated rings. The van der Waals surface area contributed by atoms with E-state index >= 15 is 0 Å². The van der Waals surface area contributed by atoms with Crippen LogP contribution in [0.4, 0.5) is 5.69 Å². The van der Waals surface area contributed by atoms with Crippen LogP contribution in [0.2, 0.25) is 0 Å². The topological polar surface area (TPSA) is 64.7 Å². The number of hydrogen-bond donors (Lipinski definition) is 1. The van der Waals surface area contributed by atoms with E-state index in [1.54, 1.807) is 10.7 Å². The van der Waals surface area contributed by atoms with Gasteiger partial charge < -0.3 is 5.32 Å². The lowest BCUT2D eigenvalue weighted by Gasteiger charge is -2.07. The minimum atomic E-state index is -0.207. The second-order valence-corrected chi connectivity index (χ2v) is 6.61. The Bertz CT molecular complexity index is 905. The first-order valence-electron chi connectivity index (χ1n) is 8.92. The van der Waals surface area contributed by atoms with Gasteiger partial charge in [0.2, 0.25) is 0 Å². The highest BCUT2D eigenvalue weighted by Gasteiger charge is 2.17. The van der Waals surface area contributed by atoms with Crippen molar-refractivity contribution >= 4 is 11.6 Å². The van der Waals surface area contributed by atoms with E-state index in [1.807, 2.05) is 24.7 Å². The fraction of sp³-hybridized carbons (Fsp3) is 0.350. The third kappa shape index (κ3) is 3.85. The van der Waals surface area contributed by atoms with Crippen molar-refractivity contribution in [1.82, 2.24) is 19.6 Å². The molecule has 0 aliphatic carbocycles. The molecule has 3 aromatic rings. The smallest absolute Gasteiger partial charge is 0.276 e. The van der Waals surface area contributed by atoms with E-state index in [0.717, 1.165) is 30.0 Å². The summed E-state index contributed by atoms with van der Waals surface area (Å²) in [4.78, 5) is 12.5. The highest BCUT2D eigenvalue weighted by molar-refractivity contribution is 6.03. The van der Waals surface area contributed by atoms with Gasteiger partial charge in [0, 0.05) is 12.7 Å². The zero-order valence-electron chi connectivity index (χ0n) is 15.8. The van der Waals surface area contributed by atoms with Gasteiger partial charge in [-0.15, -0.1) is 0 Å². The summed E-state index contributed by atoms with van der Waals surface area (Å²) >= 11 is 0. The third-order valence-electron chi connectivity index (χ3n) is 4.40. The van der Waals surface area contributed by atoms with Crippen LogP contribution in [0.25, 0.3) is 0 Å². The van der Waals surface area contributed by atoms with Crippen molar-refractivity contribution in [2.24, 2.45) is 0 Å². The van der Waals surface area contributed by atoms with E-state index in [9.17, 15) is 4.79 Å². The lowest BCUT2D eigenvalue weighted by Crippen LogP contribution is -2.14. The largest absolute Gasteiger partial charge is 0.317 e. The Morgan fingerprint density at radius 1 is 1.08 bits per heavy atom. The molecule has 0 unspecified atom stereocenters. The first kappa shape index (κ1) is 17.9. The van der Waals surface area contributed by atoms with Crippen LogP contribution in [-0.4, -0.2) is 25.5 Å². The van der Waals surface area contributed by atoms with Crippen LogP contribution in [0.5, 0.6) is 0 Å². The monoisotopic (exact) mass is 351 g/mol.